The van der Waals surface area contributed by atoms with E-state index >= 15 is 0 Å². The number of hydrogen-bond donors (Lipinski definition) is 1. The van der Waals surface area contributed by atoms with Crippen LogP contribution in [0.2, 0.25) is 0 Å². The Morgan fingerprint density at radius 1 is 1.00 bits per heavy atom. The monoisotopic (exact) mass is 431 g/mol. The molecule has 0 atom stereocenters. The van der Waals surface area contributed by atoms with Crippen LogP contribution in [0, 0.1) is 0 Å². The number of rotatable bonds is 4. The lowest BCUT2D eigenvalue weighted by molar-refractivity contribution is -0.137. The number of benzene rings is 2. The van der Waals surface area contributed by atoms with Gasteiger partial charge < -0.3 is 10.1 Å². The van der Waals surface area contributed by atoms with E-state index in [9.17, 15) is 22.8 Å². The van der Waals surface area contributed by atoms with Gasteiger partial charge in [0.15, 0.2) is 6.61 Å². The summed E-state index contributed by atoms with van der Waals surface area (Å²) < 4.78 is 44.1. The van der Waals surface area contributed by atoms with Gasteiger partial charge in [0.25, 0.3) is 5.91 Å². The van der Waals surface area contributed by atoms with Crippen LogP contribution in [0.1, 0.15) is 26.4 Å². The summed E-state index contributed by atoms with van der Waals surface area (Å²) in [5, 5.41) is 2.15. The van der Waals surface area contributed by atoms with Crippen LogP contribution in [0.5, 0.6) is 0 Å². The fourth-order valence-electron chi connectivity index (χ4n) is 3.40. The summed E-state index contributed by atoms with van der Waals surface area (Å²) in [6.45, 7) is -0.676. The lowest BCUT2D eigenvalue weighted by Gasteiger charge is -2.15. The number of para-hydroxylation sites is 1. The number of aryl methyl sites for hydroxylation is 2. The smallest absolute Gasteiger partial charge is 0.418 e. The molecule has 154 valence electrons. The van der Waals surface area contributed by atoms with E-state index in [2.05, 4.69) is 11.4 Å². The number of amides is 1. The number of nitrogens with one attached hydrogen (secondary N) is 1. The van der Waals surface area contributed by atoms with Gasteiger partial charge in [-0.1, -0.05) is 36.4 Å². The fraction of sp³-hybridized carbons (Fsp3) is 0.182. The number of carbonyl (C=O) groups excluding carboxylic acids is 2. The third-order valence-corrected chi connectivity index (χ3v) is 5.97. The zero-order valence-corrected chi connectivity index (χ0v) is 16.4. The molecule has 4 rings (SSSR count). The topological polar surface area (TPSA) is 55.4 Å². The van der Waals surface area contributed by atoms with Gasteiger partial charge in [0.1, 0.15) is 4.88 Å². The lowest BCUT2D eigenvalue weighted by Crippen LogP contribution is -2.22. The van der Waals surface area contributed by atoms with Gasteiger partial charge in [-0.15, -0.1) is 11.3 Å². The van der Waals surface area contributed by atoms with Crippen molar-refractivity contribution in [2.24, 2.45) is 0 Å². The van der Waals surface area contributed by atoms with Crippen molar-refractivity contribution in [3.05, 3.63) is 76.2 Å². The van der Waals surface area contributed by atoms with Gasteiger partial charge in [0.2, 0.25) is 0 Å². The van der Waals surface area contributed by atoms with Gasteiger partial charge in [0.05, 0.1) is 11.3 Å². The van der Waals surface area contributed by atoms with E-state index in [4.69, 9.17) is 4.74 Å². The average Bonchev–Trinajstić information content (AvgIpc) is 3.17. The van der Waals surface area contributed by atoms with E-state index in [1.165, 1.54) is 29.0 Å². The quantitative estimate of drug-likeness (QED) is 0.569. The van der Waals surface area contributed by atoms with Gasteiger partial charge in [-0.3, -0.25) is 4.79 Å². The highest BCUT2D eigenvalue weighted by Crippen LogP contribution is 2.39. The van der Waals surface area contributed by atoms with Crippen LogP contribution < -0.4 is 5.32 Å². The van der Waals surface area contributed by atoms with Gasteiger partial charge in [0, 0.05) is 4.88 Å². The third kappa shape index (κ3) is 4.09. The molecule has 1 amide bonds. The molecule has 0 spiro atoms. The minimum Gasteiger partial charge on any atom is -0.451 e. The highest BCUT2D eigenvalue weighted by atomic mass is 32.1. The Kier molecular flexibility index (Phi) is 5.34. The molecule has 8 heteroatoms. The Morgan fingerprint density at radius 2 is 1.70 bits per heavy atom. The van der Waals surface area contributed by atoms with Crippen molar-refractivity contribution in [1.82, 2.24) is 0 Å². The van der Waals surface area contributed by atoms with Crippen molar-refractivity contribution in [1.29, 1.82) is 0 Å². The average molecular weight is 431 g/mol. The number of ether oxygens (including phenoxy) is 1. The van der Waals surface area contributed by atoms with Gasteiger partial charge in [-0.05, 0) is 47.7 Å². The molecular weight excluding hydrogens is 415 g/mol. The molecule has 0 fully saturated rings. The Morgan fingerprint density at radius 3 is 2.50 bits per heavy atom. The molecule has 1 aliphatic carbocycles. The zero-order valence-electron chi connectivity index (χ0n) is 15.6. The molecule has 1 heterocycles. The summed E-state index contributed by atoms with van der Waals surface area (Å²) in [4.78, 5) is 25.8. The summed E-state index contributed by atoms with van der Waals surface area (Å²) in [7, 11) is 0. The van der Waals surface area contributed by atoms with E-state index in [0.717, 1.165) is 41.0 Å². The Labute approximate surface area is 174 Å². The highest BCUT2D eigenvalue weighted by Gasteiger charge is 2.33. The lowest BCUT2D eigenvalue weighted by atomic mass is 9.91. The molecule has 3 aromatic rings. The molecule has 1 aromatic heterocycles. The van der Waals surface area contributed by atoms with Crippen LogP contribution >= 0.6 is 11.3 Å². The first kappa shape index (κ1) is 20.2. The molecule has 4 nitrogen and oxygen atoms in total. The predicted molar refractivity (Wildman–Crippen MR) is 108 cm³/mol. The Bertz CT molecular complexity index is 1120. The van der Waals surface area contributed by atoms with Crippen molar-refractivity contribution < 1.29 is 27.5 Å². The molecule has 0 radical (unpaired) electrons. The first-order chi connectivity index (χ1) is 14.3. The number of esters is 1. The highest BCUT2D eigenvalue weighted by molar-refractivity contribution is 7.17. The normalized spacial score (nSPS) is 12.6. The maximum absolute atomic E-state index is 13.0. The predicted octanol–water partition coefficient (Wildman–Crippen LogP) is 5.33. The number of halogens is 3. The van der Waals surface area contributed by atoms with E-state index in [-0.39, 0.29) is 5.69 Å². The second-order valence-corrected chi connectivity index (χ2v) is 7.84. The van der Waals surface area contributed by atoms with Crippen molar-refractivity contribution in [2.45, 2.75) is 19.0 Å². The largest absolute Gasteiger partial charge is 0.451 e. The van der Waals surface area contributed by atoms with Gasteiger partial charge in [-0.25, -0.2) is 4.79 Å². The molecule has 30 heavy (non-hydrogen) atoms. The summed E-state index contributed by atoms with van der Waals surface area (Å²) in [5.41, 5.74) is 2.01. The van der Waals surface area contributed by atoms with Crippen LogP contribution in [0.15, 0.2) is 54.6 Å². The molecule has 1 aliphatic rings. The summed E-state index contributed by atoms with van der Waals surface area (Å²) >= 11 is 1.29. The number of fused-ring (bicyclic) bond motifs is 3. The number of alkyl halides is 3. The van der Waals surface area contributed by atoms with Crippen LogP contribution in [0.25, 0.3) is 10.4 Å². The van der Waals surface area contributed by atoms with E-state index < -0.39 is 30.2 Å². The summed E-state index contributed by atoms with van der Waals surface area (Å²) in [5.74, 6) is -1.52. The summed E-state index contributed by atoms with van der Waals surface area (Å²) in [6, 6.07) is 14.4. The first-order valence-corrected chi connectivity index (χ1v) is 9.99. The third-order valence-electron chi connectivity index (χ3n) is 4.78. The van der Waals surface area contributed by atoms with Crippen LogP contribution in [-0.4, -0.2) is 18.5 Å². The molecule has 0 saturated heterocycles. The molecule has 2 aromatic carbocycles. The maximum atomic E-state index is 13.0. The zero-order chi connectivity index (χ0) is 21.3. The molecule has 0 bridgehead atoms. The van der Waals surface area contributed by atoms with Crippen LogP contribution in [0.3, 0.4) is 0 Å². The SMILES string of the molecule is O=C(COC(=O)c1cc2c(s1)-c1ccccc1CC2)Nc1ccccc1C(F)(F)F. The molecule has 0 aliphatic heterocycles. The molecular formula is C22H16F3NO3S. The maximum Gasteiger partial charge on any atom is 0.418 e. The van der Waals surface area contributed by atoms with Crippen molar-refractivity contribution in [3.63, 3.8) is 0 Å². The fourth-order valence-corrected chi connectivity index (χ4v) is 4.56. The Balaban J connectivity index is 1.42. The number of anilines is 1. The van der Waals surface area contributed by atoms with E-state index in [1.807, 2.05) is 18.2 Å². The molecule has 0 saturated carbocycles. The molecule has 1 N–H and O–H groups in total. The van der Waals surface area contributed by atoms with Gasteiger partial charge >= 0.3 is 12.1 Å². The van der Waals surface area contributed by atoms with E-state index in [1.54, 1.807) is 6.07 Å². The van der Waals surface area contributed by atoms with Crippen LogP contribution in [-0.2, 0) is 28.5 Å². The minimum absolute atomic E-state index is 0.361. The molecule has 0 unspecified atom stereocenters. The Hall–Kier alpha value is -3.13. The first-order valence-electron chi connectivity index (χ1n) is 9.17. The number of thiophene rings is 1. The second kappa shape index (κ2) is 7.95. The van der Waals surface area contributed by atoms with Crippen molar-refractivity contribution in [3.8, 4) is 10.4 Å². The second-order valence-electron chi connectivity index (χ2n) is 6.79. The number of hydrogen-bond acceptors (Lipinski definition) is 4. The minimum atomic E-state index is -4.60. The standard InChI is InChI=1S/C22H16F3NO3S/c23-22(24,25)16-7-3-4-8-17(16)26-19(27)12-29-21(28)18-11-14-10-9-13-5-1-2-6-15(13)20(14)30-18/h1-8,11H,9-10,12H2,(H,26,27). The van der Waals surface area contributed by atoms with Crippen molar-refractivity contribution >= 4 is 28.9 Å². The van der Waals surface area contributed by atoms with E-state index in [0.29, 0.717) is 4.88 Å². The van der Waals surface area contributed by atoms with Crippen molar-refractivity contribution in [2.75, 3.05) is 11.9 Å². The number of carbonyl (C=O) groups is 2. The summed E-state index contributed by atoms with van der Waals surface area (Å²) in [6.07, 6.45) is -2.91. The van der Waals surface area contributed by atoms with Gasteiger partial charge in [-0.2, -0.15) is 13.2 Å². The van der Waals surface area contributed by atoms with Crippen LogP contribution in [0.4, 0.5) is 18.9 Å².